The highest BCUT2D eigenvalue weighted by Gasteiger charge is 2.40. The monoisotopic (exact) mass is 361 g/mol. The van der Waals surface area contributed by atoms with Gasteiger partial charge in [0.1, 0.15) is 17.7 Å². The van der Waals surface area contributed by atoms with Crippen LogP contribution in [0.5, 0.6) is 0 Å². The van der Waals surface area contributed by atoms with E-state index in [-0.39, 0.29) is 23.9 Å². The highest BCUT2D eigenvalue weighted by Crippen LogP contribution is 2.31. The van der Waals surface area contributed by atoms with E-state index in [2.05, 4.69) is 4.98 Å². The van der Waals surface area contributed by atoms with Crippen molar-refractivity contribution in [3.8, 4) is 0 Å². The lowest BCUT2D eigenvalue weighted by atomic mass is 10.2. The molecule has 1 aliphatic rings. The summed E-state index contributed by atoms with van der Waals surface area (Å²) in [6.45, 7) is 2.43. The van der Waals surface area contributed by atoms with E-state index in [4.69, 9.17) is 31.0 Å². The lowest BCUT2D eigenvalue weighted by Gasteiger charge is -2.20. The number of ether oxygens (including phenoxy) is 3. The summed E-state index contributed by atoms with van der Waals surface area (Å²) in [6.07, 6.45) is -0.914. The molecule has 2 N–H and O–H groups in total. The number of anilines is 1. The van der Waals surface area contributed by atoms with Gasteiger partial charge in [-0.15, -0.1) is 0 Å². The van der Waals surface area contributed by atoms with E-state index in [1.807, 2.05) is 0 Å². The molecule has 0 spiro atoms. The predicted octanol–water partition coefficient (Wildman–Crippen LogP) is 0.480. The van der Waals surface area contributed by atoms with Gasteiger partial charge in [-0.1, -0.05) is 11.6 Å². The maximum Gasteiger partial charge on any atom is 0.351 e. The van der Waals surface area contributed by atoms with Gasteiger partial charge in [0.05, 0.1) is 6.10 Å². The third kappa shape index (κ3) is 4.22. The molecule has 1 aromatic heterocycles. The van der Waals surface area contributed by atoms with Crippen LogP contribution < -0.4 is 11.2 Å². The van der Waals surface area contributed by atoms with E-state index in [9.17, 15) is 14.4 Å². The molecule has 1 saturated heterocycles. The van der Waals surface area contributed by atoms with Crippen LogP contribution in [0.25, 0.3) is 0 Å². The average molecular weight is 362 g/mol. The summed E-state index contributed by atoms with van der Waals surface area (Å²) in [5, 5.41) is 8.80. The van der Waals surface area contributed by atoms with Crippen LogP contribution >= 0.6 is 11.6 Å². The molecule has 0 saturated carbocycles. The van der Waals surface area contributed by atoms with E-state index in [1.54, 1.807) is 5.48 Å². The molecule has 0 aliphatic carbocycles. The molecular formula is C13H16ClN3O7. The van der Waals surface area contributed by atoms with Gasteiger partial charge in [-0.05, 0) is 0 Å². The first-order valence-electron chi connectivity index (χ1n) is 6.96. The summed E-state index contributed by atoms with van der Waals surface area (Å²) < 4.78 is 16.7. The van der Waals surface area contributed by atoms with Crippen molar-refractivity contribution in [2.24, 2.45) is 0 Å². The van der Waals surface area contributed by atoms with Gasteiger partial charge in [-0.2, -0.15) is 4.98 Å². The maximum atomic E-state index is 12.1. The standard InChI is InChI=1S/C13H16ClN3O7/c1-6(18)22-5-8-3-10(23-7(2)19)12(24-8)17-4-9(14)11(16-21)15-13(17)20/h4,8,10,12,21H,3,5H2,1-2H3,(H,15,16,20)/t8-,10+,12+/m0/s1. The molecule has 0 bridgehead atoms. The number of carbonyl (C=O) groups excluding carboxylic acids is 2. The molecule has 0 unspecified atom stereocenters. The number of hydrogen-bond acceptors (Lipinski definition) is 9. The minimum atomic E-state index is -0.986. The predicted molar refractivity (Wildman–Crippen MR) is 79.6 cm³/mol. The highest BCUT2D eigenvalue weighted by atomic mass is 35.5. The molecule has 1 aromatic rings. The second kappa shape index (κ2) is 7.60. The van der Waals surface area contributed by atoms with E-state index in [1.165, 1.54) is 20.0 Å². The van der Waals surface area contributed by atoms with Crippen LogP contribution in [0.4, 0.5) is 5.82 Å². The van der Waals surface area contributed by atoms with Crippen molar-refractivity contribution in [1.29, 1.82) is 0 Å². The highest BCUT2D eigenvalue weighted by molar-refractivity contribution is 6.32. The van der Waals surface area contributed by atoms with Gasteiger partial charge in [-0.25, -0.2) is 4.79 Å². The molecule has 0 amide bonds. The Morgan fingerprint density at radius 2 is 2.21 bits per heavy atom. The molecule has 11 heteroatoms. The first kappa shape index (κ1) is 18.2. The van der Waals surface area contributed by atoms with Crippen molar-refractivity contribution in [1.82, 2.24) is 9.55 Å². The summed E-state index contributed by atoms with van der Waals surface area (Å²) in [4.78, 5) is 37.8. The van der Waals surface area contributed by atoms with Crippen LogP contribution in [0, 0.1) is 0 Å². The van der Waals surface area contributed by atoms with E-state index >= 15 is 0 Å². The molecule has 24 heavy (non-hydrogen) atoms. The zero-order chi connectivity index (χ0) is 17.9. The number of nitrogens with one attached hydrogen (secondary N) is 1. The quantitative estimate of drug-likeness (QED) is 0.568. The number of nitrogens with zero attached hydrogens (tertiary/aromatic N) is 2. The number of hydrogen-bond donors (Lipinski definition) is 2. The van der Waals surface area contributed by atoms with Crippen LogP contribution in [-0.2, 0) is 23.8 Å². The fraction of sp³-hybridized carbons (Fsp3) is 0.538. The van der Waals surface area contributed by atoms with Gasteiger partial charge in [-0.3, -0.25) is 24.8 Å². The SMILES string of the molecule is CC(=O)OC[C@@H]1C[C@@H](OC(C)=O)[C@H](n2cc(Cl)c(NO)nc2=O)O1. The maximum absolute atomic E-state index is 12.1. The van der Waals surface area contributed by atoms with Gasteiger partial charge in [0.25, 0.3) is 0 Å². The fourth-order valence-corrected chi connectivity index (χ4v) is 2.49. The molecule has 10 nitrogen and oxygen atoms in total. The second-order valence-electron chi connectivity index (χ2n) is 5.07. The molecule has 2 rings (SSSR count). The number of carbonyl (C=O) groups is 2. The van der Waals surface area contributed by atoms with Crippen molar-refractivity contribution < 1.29 is 29.0 Å². The summed E-state index contributed by atoms with van der Waals surface area (Å²) >= 11 is 5.90. The Morgan fingerprint density at radius 1 is 1.50 bits per heavy atom. The van der Waals surface area contributed by atoms with Gasteiger partial charge in [0, 0.05) is 26.5 Å². The topological polar surface area (TPSA) is 129 Å². The molecule has 1 fully saturated rings. The first-order chi connectivity index (χ1) is 11.3. The normalized spacial score (nSPS) is 22.9. The number of aromatic nitrogens is 2. The van der Waals surface area contributed by atoms with Crippen LogP contribution in [0.1, 0.15) is 26.5 Å². The van der Waals surface area contributed by atoms with E-state index in [0.717, 1.165) is 4.57 Å². The van der Waals surface area contributed by atoms with Gasteiger partial charge in [0.2, 0.25) is 0 Å². The third-order valence-corrected chi connectivity index (χ3v) is 3.50. The molecule has 0 radical (unpaired) electrons. The minimum absolute atomic E-state index is 0.0364. The van der Waals surface area contributed by atoms with Gasteiger partial charge in [0.15, 0.2) is 12.0 Å². The Morgan fingerprint density at radius 3 is 2.79 bits per heavy atom. The number of halogens is 1. The first-order valence-corrected chi connectivity index (χ1v) is 7.34. The van der Waals surface area contributed by atoms with Gasteiger partial charge < -0.3 is 14.2 Å². The van der Waals surface area contributed by atoms with Crippen LogP contribution in [0.2, 0.25) is 5.02 Å². The molecule has 3 atom stereocenters. The molecule has 132 valence electrons. The summed E-state index contributed by atoms with van der Waals surface area (Å²) in [5.74, 6) is -1.25. The zero-order valence-corrected chi connectivity index (χ0v) is 13.6. The Labute approximate surface area is 141 Å². The molecule has 0 aromatic carbocycles. The van der Waals surface area contributed by atoms with Crippen LogP contribution in [0.15, 0.2) is 11.0 Å². The zero-order valence-electron chi connectivity index (χ0n) is 12.9. The lowest BCUT2D eigenvalue weighted by Crippen LogP contribution is -2.34. The Balaban J connectivity index is 2.27. The van der Waals surface area contributed by atoms with E-state index < -0.39 is 36.1 Å². The van der Waals surface area contributed by atoms with Crippen molar-refractivity contribution in [3.63, 3.8) is 0 Å². The Bertz CT molecular complexity index is 693. The fourth-order valence-electron chi connectivity index (χ4n) is 2.30. The van der Waals surface area contributed by atoms with Crippen LogP contribution in [0.3, 0.4) is 0 Å². The Hall–Kier alpha value is -2.17. The lowest BCUT2D eigenvalue weighted by molar-refractivity contribution is -0.153. The van der Waals surface area contributed by atoms with E-state index in [0.29, 0.717) is 0 Å². The second-order valence-corrected chi connectivity index (χ2v) is 5.48. The largest absolute Gasteiger partial charge is 0.463 e. The van der Waals surface area contributed by atoms with Crippen molar-refractivity contribution >= 4 is 29.4 Å². The van der Waals surface area contributed by atoms with Crippen molar-refractivity contribution in [2.45, 2.75) is 38.7 Å². The average Bonchev–Trinajstić information content (AvgIpc) is 2.89. The Kier molecular flexibility index (Phi) is 5.75. The third-order valence-electron chi connectivity index (χ3n) is 3.22. The molecule has 1 aliphatic heterocycles. The summed E-state index contributed by atoms with van der Waals surface area (Å²) in [6, 6.07) is 0. The van der Waals surface area contributed by atoms with Crippen LogP contribution in [-0.4, -0.2) is 45.5 Å². The minimum Gasteiger partial charge on any atom is -0.463 e. The summed E-state index contributed by atoms with van der Waals surface area (Å²) in [5.41, 5.74) is 0.927. The molecule has 2 heterocycles. The van der Waals surface area contributed by atoms with Crippen molar-refractivity contribution in [3.05, 3.63) is 21.7 Å². The molecular weight excluding hydrogens is 346 g/mol. The summed E-state index contributed by atoms with van der Waals surface area (Å²) in [7, 11) is 0. The van der Waals surface area contributed by atoms with Gasteiger partial charge >= 0.3 is 17.6 Å². The smallest absolute Gasteiger partial charge is 0.351 e. The van der Waals surface area contributed by atoms with Crippen molar-refractivity contribution in [2.75, 3.05) is 12.1 Å². The number of rotatable bonds is 5. The number of esters is 2.